The highest BCUT2D eigenvalue weighted by molar-refractivity contribution is 7.10. The Balaban J connectivity index is 2.51. The smallest absolute Gasteiger partial charge is 0.315 e. The first-order chi connectivity index (χ1) is 9.33. The van der Waals surface area contributed by atoms with Crippen LogP contribution in [0.1, 0.15) is 45.4 Å². The molecule has 1 atom stereocenters. The van der Waals surface area contributed by atoms with Crippen LogP contribution >= 0.6 is 11.3 Å². The van der Waals surface area contributed by atoms with Gasteiger partial charge in [-0.1, -0.05) is 26.8 Å². The van der Waals surface area contributed by atoms with E-state index in [2.05, 4.69) is 30.5 Å². The summed E-state index contributed by atoms with van der Waals surface area (Å²) in [4.78, 5) is 13.3. The van der Waals surface area contributed by atoms with Gasteiger partial charge in [0.2, 0.25) is 0 Å². The summed E-state index contributed by atoms with van der Waals surface area (Å²) in [6.45, 7) is 8.85. The summed E-state index contributed by atoms with van der Waals surface area (Å²) >= 11 is 1.70. The van der Waals surface area contributed by atoms with E-state index in [1.165, 1.54) is 4.88 Å². The molecule has 114 valence electrons. The van der Waals surface area contributed by atoms with Crippen molar-refractivity contribution in [2.75, 3.05) is 13.2 Å². The van der Waals surface area contributed by atoms with E-state index in [-0.39, 0.29) is 23.6 Å². The van der Waals surface area contributed by atoms with E-state index < -0.39 is 0 Å². The van der Waals surface area contributed by atoms with Gasteiger partial charge in [-0.05, 0) is 31.2 Å². The number of hydrogen-bond donors (Lipinski definition) is 3. The second-order valence-corrected chi connectivity index (χ2v) is 7.00. The number of aliphatic hydroxyl groups excluding tert-OH is 1. The van der Waals surface area contributed by atoms with E-state index >= 15 is 0 Å². The van der Waals surface area contributed by atoms with Gasteiger partial charge in [-0.25, -0.2) is 4.79 Å². The second kappa shape index (κ2) is 7.09. The van der Waals surface area contributed by atoms with Gasteiger partial charge in [0.05, 0.1) is 0 Å². The monoisotopic (exact) mass is 298 g/mol. The van der Waals surface area contributed by atoms with E-state index in [1.54, 1.807) is 11.3 Å². The molecule has 0 saturated carbocycles. The van der Waals surface area contributed by atoms with E-state index in [1.807, 2.05) is 25.3 Å². The van der Waals surface area contributed by atoms with Crippen molar-refractivity contribution in [1.82, 2.24) is 10.6 Å². The first-order valence-corrected chi connectivity index (χ1v) is 7.92. The first-order valence-electron chi connectivity index (χ1n) is 7.04. The maximum absolute atomic E-state index is 12.0. The summed E-state index contributed by atoms with van der Waals surface area (Å²) in [5.41, 5.74) is -0.434. The molecule has 0 radical (unpaired) electrons. The molecule has 4 nitrogen and oxygen atoms in total. The molecule has 0 aliphatic heterocycles. The fourth-order valence-corrected chi connectivity index (χ4v) is 2.80. The number of carbonyl (C=O) groups is 1. The number of hydrogen-bond acceptors (Lipinski definition) is 3. The van der Waals surface area contributed by atoms with Crippen LogP contribution in [-0.2, 0) is 5.41 Å². The molecule has 0 aromatic carbocycles. The largest absolute Gasteiger partial charge is 0.396 e. The van der Waals surface area contributed by atoms with Gasteiger partial charge in [0.25, 0.3) is 0 Å². The van der Waals surface area contributed by atoms with E-state index in [0.717, 1.165) is 6.42 Å². The molecule has 1 aromatic heterocycles. The number of nitrogens with one attached hydrogen (secondary N) is 2. The fraction of sp³-hybridized carbons (Fsp3) is 0.667. The predicted molar refractivity (Wildman–Crippen MR) is 84.3 cm³/mol. The van der Waals surface area contributed by atoms with Crippen molar-refractivity contribution in [2.24, 2.45) is 0 Å². The first kappa shape index (κ1) is 17.0. The molecule has 1 rings (SSSR count). The number of rotatable bonds is 7. The molecule has 5 heteroatoms. The normalized spacial score (nSPS) is 14.7. The Morgan fingerprint density at radius 2 is 2.10 bits per heavy atom. The minimum Gasteiger partial charge on any atom is -0.396 e. The van der Waals surface area contributed by atoms with Crippen LogP contribution in [-0.4, -0.2) is 29.8 Å². The molecule has 0 aliphatic rings. The molecule has 0 aliphatic carbocycles. The Morgan fingerprint density at radius 3 is 2.60 bits per heavy atom. The van der Waals surface area contributed by atoms with Crippen molar-refractivity contribution in [3.05, 3.63) is 22.4 Å². The van der Waals surface area contributed by atoms with Crippen LogP contribution < -0.4 is 10.6 Å². The molecule has 0 fully saturated rings. The van der Waals surface area contributed by atoms with E-state index in [0.29, 0.717) is 13.0 Å². The maximum atomic E-state index is 12.0. The molecule has 1 unspecified atom stereocenters. The average Bonchev–Trinajstić information content (AvgIpc) is 2.91. The van der Waals surface area contributed by atoms with Crippen LogP contribution in [0.15, 0.2) is 17.5 Å². The highest BCUT2D eigenvalue weighted by atomic mass is 32.1. The van der Waals surface area contributed by atoms with E-state index in [9.17, 15) is 4.79 Å². The number of carbonyl (C=O) groups excluding carboxylic acids is 1. The summed E-state index contributed by atoms with van der Waals surface area (Å²) in [7, 11) is 0. The van der Waals surface area contributed by atoms with Gasteiger partial charge in [-0.2, -0.15) is 0 Å². The predicted octanol–water partition coefficient (Wildman–Crippen LogP) is 2.88. The highest BCUT2D eigenvalue weighted by Gasteiger charge is 2.26. The van der Waals surface area contributed by atoms with Crippen molar-refractivity contribution in [2.45, 2.75) is 51.5 Å². The molecular weight excluding hydrogens is 272 g/mol. The Morgan fingerprint density at radius 1 is 1.40 bits per heavy atom. The number of aliphatic hydroxyl groups is 1. The number of urea groups is 1. The lowest BCUT2D eigenvalue weighted by molar-refractivity contribution is 0.199. The van der Waals surface area contributed by atoms with Crippen molar-refractivity contribution in [1.29, 1.82) is 0 Å². The molecule has 1 aromatic rings. The third kappa shape index (κ3) is 4.80. The minimum atomic E-state index is -0.355. The zero-order chi connectivity index (χ0) is 15.2. The Kier molecular flexibility index (Phi) is 6.02. The number of thiophene rings is 1. The standard InChI is InChI=1S/C15H26N2O2S/c1-5-15(4,8-9-18)17-13(19)16-11-14(2,3)12-7-6-10-20-12/h6-7,10,18H,5,8-9,11H2,1-4H3,(H2,16,17,19). The van der Waals surface area contributed by atoms with Gasteiger partial charge in [0.1, 0.15) is 0 Å². The van der Waals surface area contributed by atoms with Crippen molar-refractivity contribution in [3.63, 3.8) is 0 Å². The Bertz CT molecular complexity index is 418. The maximum Gasteiger partial charge on any atom is 0.315 e. The molecule has 0 spiro atoms. The van der Waals surface area contributed by atoms with Crippen molar-refractivity contribution < 1.29 is 9.90 Å². The fourth-order valence-electron chi connectivity index (χ4n) is 1.94. The van der Waals surface area contributed by atoms with Crippen molar-refractivity contribution >= 4 is 17.4 Å². The lowest BCUT2D eigenvalue weighted by atomic mass is 9.91. The lowest BCUT2D eigenvalue weighted by Crippen LogP contribution is -2.52. The van der Waals surface area contributed by atoms with Gasteiger partial charge in [0, 0.05) is 29.0 Å². The summed E-state index contributed by atoms with van der Waals surface area (Å²) < 4.78 is 0. The highest BCUT2D eigenvalue weighted by Crippen LogP contribution is 2.26. The molecule has 1 heterocycles. The SMILES string of the molecule is CCC(C)(CCO)NC(=O)NCC(C)(C)c1cccs1. The second-order valence-electron chi connectivity index (χ2n) is 6.06. The summed E-state index contributed by atoms with van der Waals surface area (Å²) in [5.74, 6) is 0. The van der Waals surface area contributed by atoms with Crippen LogP contribution in [0.25, 0.3) is 0 Å². The Hall–Kier alpha value is -1.07. The average molecular weight is 298 g/mol. The van der Waals surface area contributed by atoms with Gasteiger partial charge in [-0.15, -0.1) is 11.3 Å². The van der Waals surface area contributed by atoms with Crippen LogP contribution in [0.2, 0.25) is 0 Å². The van der Waals surface area contributed by atoms with E-state index in [4.69, 9.17) is 5.11 Å². The van der Waals surface area contributed by atoms with Crippen LogP contribution in [0.3, 0.4) is 0 Å². The van der Waals surface area contributed by atoms with Gasteiger partial charge in [-0.3, -0.25) is 0 Å². The zero-order valence-corrected chi connectivity index (χ0v) is 13.6. The molecule has 0 saturated heterocycles. The third-order valence-electron chi connectivity index (χ3n) is 3.74. The third-order valence-corrected chi connectivity index (χ3v) is 4.97. The van der Waals surface area contributed by atoms with Crippen LogP contribution in [0, 0.1) is 0 Å². The lowest BCUT2D eigenvalue weighted by Gasteiger charge is -2.30. The molecule has 0 bridgehead atoms. The molecule has 2 amide bonds. The summed E-state index contributed by atoms with van der Waals surface area (Å²) in [5, 5.41) is 17.0. The van der Waals surface area contributed by atoms with Gasteiger partial charge in [0.15, 0.2) is 0 Å². The zero-order valence-electron chi connectivity index (χ0n) is 12.8. The molecular formula is C15H26N2O2S. The Labute approximate surface area is 125 Å². The van der Waals surface area contributed by atoms with Gasteiger partial charge < -0.3 is 15.7 Å². The van der Waals surface area contributed by atoms with Crippen molar-refractivity contribution in [3.8, 4) is 0 Å². The molecule has 20 heavy (non-hydrogen) atoms. The minimum absolute atomic E-state index is 0.0747. The summed E-state index contributed by atoms with van der Waals surface area (Å²) in [6.07, 6.45) is 1.35. The van der Waals surface area contributed by atoms with Crippen LogP contribution in [0.5, 0.6) is 0 Å². The van der Waals surface area contributed by atoms with Crippen LogP contribution in [0.4, 0.5) is 4.79 Å². The topological polar surface area (TPSA) is 61.4 Å². The quantitative estimate of drug-likeness (QED) is 0.725. The molecule has 3 N–H and O–H groups in total. The van der Waals surface area contributed by atoms with Gasteiger partial charge >= 0.3 is 6.03 Å². The number of amides is 2. The summed E-state index contributed by atoms with van der Waals surface area (Å²) in [6, 6.07) is 3.94.